The van der Waals surface area contributed by atoms with E-state index in [1.54, 1.807) is 12.3 Å². The summed E-state index contributed by atoms with van der Waals surface area (Å²) in [6.45, 7) is 7.68. The van der Waals surface area contributed by atoms with Crippen molar-refractivity contribution in [2.45, 2.75) is 13.5 Å². The zero-order valence-electron chi connectivity index (χ0n) is 14.4. The van der Waals surface area contributed by atoms with Crippen molar-refractivity contribution in [2.75, 3.05) is 37.6 Å². The Hall–Kier alpha value is -2.11. The van der Waals surface area contributed by atoms with Crippen molar-refractivity contribution in [1.29, 1.82) is 0 Å². The van der Waals surface area contributed by atoms with Gasteiger partial charge in [-0.15, -0.1) is 0 Å². The predicted molar refractivity (Wildman–Crippen MR) is 101 cm³/mol. The number of hydrogen-bond acceptors (Lipinski definition) is 4. The molecule has 0 atom stereocenters. The Morgan fingerprint density at radius 2 is 1.88 bits per heavy atom. The number of hydrogen-bond donors (Lipinski definition) is 1. The number of anilines is 1. The average molecular weight is 359 g/mol. The van der Waals surface area contributed by atoms with Crippen molar-refractivity contribution in [2.24, 2.45) is 0 Å². The molecule has 0 aliphatic carbocycles. The molecular formula is C19H23ClN4O. The second-order valence-electron chi connectivity index (χ2n) is 6.13. The van der Waals surface area contributed by atoms with Gasteiger partial charge in [0.1, 0.15) is 5.82 Å². The van der Waals surface area contributed by atoms with E-state index in [0.717, 1.165) is 44.1 Å². The van der Waals surface area contributed by atoms with Crippen LogP contribution >= 0.6 is 11.6 Å². The molecule has 0 spiro atoms. The highest BCUT2D eigenvalue weighted by Gasteiger charge is 2.17. The van der Waals surface area contributed by atoms with Gasteiger partial charge in [0, 0.05) is 49.5 Å². The minimum absolute atomic E-state index is 0.0919. The van der Waals surface area contributed by atoms with Crippen LogP contribution in [-0.2, 0) is 6.54 Å². The van der Waals surface area contributed by atoms with Crippen molar-refractivity contribution < 1.29 is 4.79 Å². The largest absolute Gasteiger partial charge is 0.354 e. The molecule has 2 heterocycles. The lowest BCUT2D eigenvalue weighted by Crippen LogP contribution is -2.46. The fraction of sp³-hybridized carbons (Fsp3) is 0.368. The van der Waals surface area contributed by atoms with Crippen LogP contribution in [0.5, 0.6) is 0 Å². The molecule has 1 aliphatic rings. The number of nitrogens with one attached hydrogen (secondary N) is 1. The van der Waals surface area contributed by atoms with Crippen LogP contribution in [0.1, 0.15) is 22.8 Å². The Kier molecular flexibility index (Phi) is 5.89. The van der Waals surface area contributed by atoms with Crippen LogP contribution in [0, 0.1) is 0 Å². The van der Waals surface area contributed by atoms with Crippen LogP contribution in [0.4, 0.5) is 5.82 Å². The second-order valence-corrected chi connectivity index (χ2v) is 6.57. The number of nitrogens with zero attached hydrogens (tertiary/aromatic N) is 3. The van der Waals surface area contributed by atoms with Crippen LogP contribution in [0.25, 0.3) is 0 Å². The Morgan fingerprint density at radius 3 is 2.56 bits per heavy atom. The van der Waals surface area contributed by atoms with Crippen molar-refractivity contribution in [3.8, 4) is 0 Å². The third-order valence-corrected chi connectivity index (χ3v) is 4.77. The molecule has 1 amide bonds. The average Bonchev–Trinajstić information content (AvgIpc) is 2.67. The summed E-state index contributed by atoms with van der Waals surface area (Å²) >= 11 is 5.88. The van der Waals surface area contributed by atoms with Crippen LogP contribution < -0.4 is 10.2 Å². The third kappa shape index (κ3) is 4.71. The maximum absolute atomic E-state index is 12.4. The van der Waals surface area contributed by atoms with Crippen LogP contribution in [-0.4, -0.2) is 48.5 Å². The highest BCUT2D eigenvalue weighted by molar-refractivity contribution is 6.30. The summed E-state index contributed by atoms with van der Waals surface area (Å²) in [7, 11) is 0. The molecule has 0 bridgehead atoms. The zero-order chi connectivity index (χ0) is 17.6. The lowest BCUT2D eigenvalue weighted by molar-refractivity contribution is 0.0951. The number of pyridine rings is 1. The molecule has 1 aromatic carbocycles. The van der Waals surface area contributed by atoms with Gasteiger partial charge in [-0.3, -0.25) is 4.79 Å². The number of likely N-dealkylation sites (N-methyl/N-ethyl adjacent to an activating group) is 1. The highest BCUT2D eigenvalue weighted by atomic mass is 35.5. The normalized spacial score (nSPS) is 15.2. The quantitative estimate of drug-likeness (QED) is 0.892. The number of amides is 1. The molecule has 1 aliphatic heterocycles. The zero-order valence-corrected chi connectivity index (χ0v) is 15.2. The van der Waals surface area contributed by atoms with Crippen LogP contribution in [0.3, 0.4) is 0 Å². The Balaban J connectivity index is 1.60. The summed E-state index contributed by atoms with van der Waals surface area (Å²) in [6.07, 6.45) is 1.71. The summed E-state index contributed by atoms with van der Waals surface area (Å²) in [5.41, 5.74) is 1.65. The molecule has 2 aromatic rings. The van der Waals surface area contributed by atoms with E-state index in [1.165, 1.54) is 0 Å². The number of benzene rings is 1. The van der Waals surface area contributed by atoms with Gasteiger partial charge in [0.2, 0.25) is 0 Å². The van der Waals surface area contributed by atoms with E-state index < -0.39 is 0 Å². The topological polar surface area (TPSA) is 48.5 Å². The first-order valence-corrected chi connectivity index (χ1v) is 8.99. The standard InChI is InChI=1S/C19H23ClN4O/c1-2-23-9-11-24(12-10-23)18-13-16(7-8-21-18)19(25)22-14-15-3-5-17(20)6-4-15/h3-8,13H,2,9-12,14H2,1H3,(H,22,25). The number of halogens is 1. The SMILES string of the molecule is CCN1CCN(c2cc(C(=O)NCc3ccc(Cl)cc3)ccn2)CC1. The maximum atomic E-state index is 12.4. The van der Waals surface area contributed by atoms with E-state index in [-0.39, 0.29) is 5.91 Å². The summed E-state index contributed by atoms with van der Waals surface area (Å²) < 4.78 is 0. The molecule has 5 nitrogen and oxygen atoms in total. The number of aromatic nitrogens is 1. The smallest absolute Gasteiger partial charge is 0.251 e. The minimum atomic E-state index is -0.0919. The van der Waals surface area contributed by atoms with Gasteiger partial charge in [0.05, 0.1) is 0 Å². The molecule has 3 rings (SSSR count). The van der Waals surface area contributed by atoms with E-state index >= 15 is 0 Å². The van der Waals surface area contributed by atoms with Gasteiger partial charge in [0.15, 0.2) is 0 Å². The molecule has 0 saturated carbocycles. The summed E-state index contributed by atoms with van der Waals surface area (Å²) in [4.78, 5) is 21.5. The number of rotatable bonds is 5. The Bertz CT molecular complexity index is 712. The number of carbonyl (C=O) groups excluding carboxylic acids is 1. The van der Waals surface area contributed by atoms with Gasteiger partial charge in [0.25, 0.3) is 5.91 Å². The van der Waals surface area contributed by atoms with E-state index in [9.17, 15) is 4.79 Å². The molecular weight excluding hydrogens is 336 g/mol. The van der Waals surface area contributed by atoms with E-state index in [2.05, 4.69) is 27.0 Å². The van der Waals surface area contributed by atoms with Crippen molar-refractivity contribution in [3.05, 3.63) is 58.7 Å². The first-order valence-electron chi connectivity index (χ1n) is 8.61. The van der Waals surface area contributed by atoms with Crippen LogP contribution in [0.15, 0.2) is 42.6 Å². The van der Waals surface area contributed by atoms with Gasteiger partial charge >= 0.3 is 0 Å². The lowest BCUT2D eigenvalue weighted by Gasteiger charge is -2.34. The first kappa shape index (κ1) is 17.7. The first-order chi connectivity index (χ1) is 12.2. The molecule has 25 heavy (non-hydrogen) atoms. The van der Waals surface area contributed by atoms with Crippen molar-refractivity contribution in [3.63, 3.8) is 0 Å². The van der Waals surface area contributed by atoms with Gasteiger partial charge in [-0.1, -0.05) is 30.7 Å². The summed E-state index contributed by atoms with van der Waals surface area (Å²) in [5, 5.41) is 3.64. The Morgan fingerprint density at radius 1 is 1.16 bits per heavy atom. The Labute approximate surface area is 153 Å². The van der Waals surface area contributed by atoms with Gasteiger partial charge in [-0.25, -0.2) is 4.98 Å². The van der Waals surface area contributed by atoms with Crippen molar-refractivity contribution >= 4 is 23.3 Å². The third-order valence-electron chi connectivity index (χ3n) is 4.52. The summed E-state index contributed by atoms with van der Waals surface area (Å²) in [5.74, 6) is 0.778. The fourth-order valence-corrected chi connectivity index (χ4v) is 3.04. The van der Waals surface area contributed by atoms with Gasteiger partial charge < -0.3 is 15.1 Å². The minimum Gasteiger partial charge on any atom is -0.354 e. The van der Waals surface area contributed by atoms with E-state index in [4.69, 9.17) is 11.6 Å². The molecule has 1 saturated heterocycles. The molecule has 6 heteroatoms. The van der Waals surface area contributed by atoms with Crippen molar-refractivity contribution in [1.82, 2.24) is 15.2 Å². The number of piperazine rings is 1. The maximum Gasteiger partial charge on any atom is 0.251 e. The van der Waals surface area contributed by atoms with Gasteiger partial charge in [-0.05, 0) is 36.4 Å². The molecule has 132 valence electrons. The molecule has 1 fully saturated rings. The molecule has 1 aromatic heterocycles. The fourth-order valence-electron chi connectivity index (χ4n) is 2.91. The highest BCUT2D eigenvalue weighted by Crippen LogP contribution is 2.15. The molecule has 1 N–H and O–H groups in total. The predicted octanol–water partition coefficient (Wildman–Crippen LogP) is 2.81. The van der Waals surface area contributed by atoms with Gasteiger partial charge in [-0.2, -0.15) is 0 Å². The van der Waals surface area contributed by atoms with E-state index in [0.29, 0.717) is 17.1 Å². The van der Waals surface area contributed by atoms with E-state index in [1.807, 2.05) is 30.3 Å². The number of carbonyl (C=O) groups is 1. The molecule has 0 radical (unpaired) electrons. The summed E-state index contributed by atoms with van der Waals surface area (Å²) in [6, 6.07) is 11.1. The molecule has 0 unspecified atom stereocenters. The monoisotopic (exact) mass is 358 g/mol. The van der Waals surface area contributed by atoms with Crippen LogP contribution in [0.2, 0.25) is 5.02 Å². The second kappa shape index (κ2) is 8.32. The lowest BCUT2D eigenvalue weighted by atomic mass is 10.2.